The van der Waals surface area contributed by atoms with Gasteiger partial charge in [-0.3, -0.25) is 0 Å². The summed E-state index contributed by atoms with van der Waals surface area (Å²) in [5.41, 5.74) is 1.31. The zero-order valence-electron chi connectivity index (χ0n) is 6.56. The van der Waals surface area contributed by atoms with Crippen LogP contribution in [0.1, 0.15) is 26.2 Å². The van der Waals surface area contributed by atoms with Gasteiger partial charge in [0.2, 0.25) is 0 Å². The second-order valence-electron chi connectivity index (χ2n) is 3.75. The van der Waals surface area contributed by atoms with Gasteiger partial charge in [-0.2, -0.15) is 0 Å². The van der Waals surface area contributed by atoms with Gasteiger partial charge in [-0.15, -0.1) is 0 Å². The van der Waals surface area contributed by atoms with Gasteiger partial charge in [0.25, 0.3) is 0 Å². The average molecular weight is 137 g/mol. The molecule has 0 amide bonds. The molecule has 3 unspecified atom stereocenters. The third-order valence-corrected chi connectivity index (χ3v) is 2.97. The normalized spacial score (nSPS) is 44.3. The van der Waals surface area contributed by atoms with E-state index in [0.717, 1.165) is 12.0 Å². The van der Waals surface area contributed by atoms with Gasteiger partial charge in [0, 0.05) is 12.1 Å². The van der Waals surface area contributed by atoms with Gasteiger partial charge in [-0.05, 0) is 32.1 Å². The summed E-state index contributed by atoms with van der Waals surface area (Å²) in [6.45, 7) is 6.10. The van der Waals surface area contributed by atoms with E-state index >= 15 is 0 Å². The quantitative estimate of drug-likeness (QED) is 0.542. The van der Waals surface area contributed by atoms with Gasteiger partial charge < -0.3 is 5.32 Å². The Morgan fingerprint density at radius 2 is 2.30 bits per heavy atom. The van der Waals surface area contributed by atoms with Crippen LogP contribution in [0.4, 0.5) is 0 Å². The van der Waals surface area contributed by atoms with Gasteiger partial charge in [-0.25, -0.2) is 0 Å². The van der Waals surface area contributed by atoms with E-state index in [0.29, 0.717) is 6.04 Å². The third-order valence-electron chi connectivity index (χ3n) is 2.97. The molecule has 0 bridgehead atoms. The fourth-order valence-electron chi connectivity index (χ4n) is 2.04. The van der Waals surface area contributed by atoms with Crippen molar-refractivity contribution in [1.82, 2.24) is 5.32 Å². The molecule has 0 aromatic carbocycles. The average Bonchev–Trinajstić information content (AvgIpc) is 2.09. The standard InChI is InChI=1S/C9H15N/c1-6(2)9-5-7-3-4-8(7)10-9/h7-10H,1,3-5H2,2H3. The Kier molecular flexibility index (Phi) is 1.34. The van der Waals surface area contributed by atoms with E-state index in [4.69, 9.17) is 0 Å². The minimum atomic E-state index is 0.637. The molecule has 0 radical (unpaired) electrons. The molecule has 1 nitrogen and oxygen atoms in total. The number of nitrogens with one attached hydrogen (secondary N) is 1. The molecular formula is C9H15N. The lowest BCUT2D eigenvalue weighted by atomic mass is 9.80. The lowest BCUT2D eigenvalue weighted by molar-refractivity contribution is 0.276. The van der Waals surface area contributed by atoms with E-state index in [-0.39, 0.29) is 0 Å². The maximum absolute atomic E-state index is 3.97. The lowest BCUT2D eigenvalue weighted by Crippen LogP contribution is -2.37. The molecule has 2 rings (SSSR count). The highest BCUT2D eigenvalue weighted by Crippen LogP contribution is 2.38. The van der Waals surface area contributed by atoms with Crippen molar-refractivity contribution in [3.8, 4) is 0 Å². The van der Waals surface area contributed by atoms with E-state index < -0.39 is 0 Å². The molecule has 1 heterocycles. The highest BCUT2D eigenvalue weighted by Gasteiger charge is 2.39. The van der Waals surface area contributed by atoms with Crippen LogP contribution < -0.4 is 5.32 Å². The molecular weight excluding hydrogens is 122 g/mol. The molecule has 1 aliphatic heterocycles. The van der Waals surface area contributed by atoms with Crippen LogP contribution in [0.2, 0.25) is 0 Å². The molecule has 1 saturated heterocycles. The van der Waals surface area contributed by atoms with Crippen molar-refractivity contribution in [2.24, 2.45) is 5.92 Å². The SMILES string of the molecule is C=C(C)C1CC2CCC2N1. The summed E-state index contributed by atoms with van der Waals surface area (Å²) in [5, 5.41) is 3.59. The van der Waals surface area contributed by atoms with E-state index in [1.165, 1.54) is 24.8 Å². The Bertz CT molecular complexity index is 150. The van der Waals surface area contributed by atoms with Gasteiger partial charge in [0.15, 0.2) is 0 Å². The molecule has 2 aliphatic rings. The van der Waals surface area contributed by atoms with E-state index in [9.17, 15) is 0 Å². The van der Waals surface area contributed by atoms with Crippen LogP contribution in [0, 0.1) is 5.92 Å². The summed E-state index contributed by atoms with van der Waals surface area (Å²) < 4.78 is 0. The summed E-state index contributed by atoms with van der Waals surface area (Å²) in [5.74, 6) is 0.988. The molecule has 1 aliphatic carbocycles. The first kappa shape index (κ1) is 6.41. The minimum absolute atomic E-state index is 0.637. The van der Waals surface area contributed by atoms with E-state index in [1.54, 1.807) is 0 Å². The van der Waals surface area contributed by atoms with E-state index in [2.05, 4.69) is 18.8 Å². The van der Waals surface area contributed by atoms with Crippen molar-refractivity contribution in [2.75, 3.05) is 0 Å². The first-order chi connectivity index (χ1) is 4.77. The van der Waals surface area contributed by atoms with Gasteiger partial charge in [0.05, 0.1) is 0 Å². The van der Waals surface area contributed by atoms with Crippen molar-refractivity contribution < 1.29 is 0 Å². The Morgan fingerprint density at radius 3 is 2.60 bits per heavy atom. The summed E-state index contributed by atoms with van der Waals surface area (Å²) in [7, 11) is 0. The van der Waals surface area contributed by atoms with Crippen molar-refractivity contribution in [3.05, 3.63) is 12.2 Å². The zero-order valence-corrected chi connectivity index (χ0v) is 6.56. The van der Waals surface area contributed by atoms with Crippen LogP contribution in [0.3, 0.4) is 0 Å². The third kappa shape index (κ3) is 0.807. The molecule has 10 heavy (non-hydrogen) atoms. The van der Waals surface area contributed by atoms with Gasteiger partial charge in [-0.1, -0.05) is 12.2 Å². The molecule has 0 spiro atoms. The van der Waals surface area contributed by atoms with Gasteiger partial charge >= 0.3 is 0 Å². The molecule has 1 saturated carbocycles. The maximum Gasteiger partial charge on any atom is 0.0279 e. The van der Waals surface area contributed by atoms with Crippen molar-refractivity contribution >= 4 is 0 Å². The maximum atomic E-state index is 3.97. The molecule has 56 valence electrons. The fraction of sp³-hybridized carbons (Fsp3) is 0.778. The molecule has 0 aromatic heterocycles. The van der Waals surface area contributed by atoms with Crippen LogP contribution in [0.25, 0.3) is 0 Å². The van der Waals surface area contributed by atoms with Crippen LogP contribution in [0.5, 0.6) is 0 Å². The zero-order chi connectivity index (χ0) is 7.14. The fourth-order valence-corrected chi connectivity index (χ4v) is 2.04. The molecule has 2 fully saturated rings. The van der Waals surface area contributed by atoms with E-state index in [1.807, 2.05) is 0 Å². The summed E-state index contributed by atoms with van der Waals surface area (Å²) in [4.78, 5) is 0. The highest BCUT2D eigenvalue weighted by molar-refractivity contribution is 5.10. The minimum Gasteiger partial charge on any atom is -0.307 e. The topological polar surface area (TPSA) is 12.0 Å². The first-order valence-corrected chi connectivity index (χ1v) is 4.19. The molecule has 1 N–H and O–H groups in total. The molecule has 3 atom stereocenters. The van der Waals surface area contributed by atoms with Crippen LogP contribution in [-0.4, -0.2) is 12.1 Å². The Morgan fingerprint density at radius 1 is 1.50 bits per heavy atom. The van der Waals surface area contributed by atoms with Crippen LogP contribution in [0.15, 0.2) is 12.2 Å². The van der Waals surface area contributed by atoms with Gasteiger partial charge in [0.1, 0.15) is 0 Å². The van der Waals surface area contributed by atoms with Crippen LogP contribution >= 0.6 is 0 Å². The second kappa shape index (κ2) is 2.09. The monoisotopic (exact) mass is 137 g/mol. The summed E-state index contributed by atoms with van der Waals surface area (Å²) >= 11 is 0. The van der Waals surface area contributed by atoms with Crippen molar-refractivity contribution in [3.63, 3.8) is 0 Å². The predicted octanol–water partition coefficient (Wildman–Crippen LogP) is 1.70. The van der Waals surface area contributed by atoms with Crippen molar-refractivity contribution in [1.29, 1.82) is 0 Å². The largest absolute Gasteiger partial charge is 0.307 e. The first-order valence-electron chi connectivity index (χ1n) is 4.19. The molecule has 1 heteroatoms. The highest BCUT2D eigenvalue weighted by atomic mass is 15.0. The number of rotatable bonds is 1. The van der Waals surface area contributed by atoms with Crippen LogP contribution in [-0.2, 0) is 0 Å². The Balaban J connectivity index is 1.98. The summed E-state index contributed by atoms with van der Waals surface area (Å²) in [6.07, 6.45) is 4.19. The van der Waals surface area contributed by atoms with Crippen molar-refractivity contribution in [2.45, 2.75) is 38.3 Å². The number of hydrogen-bond acceptors (Lipinski definition) is 1. The number of hydrogen-bond donors (Lipinski definition) is 1. The predicted molar refractivity (Wildman–Crippen MR) is 42.9 cm³/mol. The number of fused-ring (bicyclic) bond motifs is 1. The smallest absolute Gasteiger partial charge is 0.0279 e. The molecule has 0 aromatic rings. The Labute approximate surface area is 62.5 Å². The Hall–Kier alpha value is -0.300. The summed E-state index contributed by atoms with van der Waals surface area (Å²) in [6, 6.07) is 1.49. The lowest BCUT2D eigenvalue weighted by Gasteiger charge is -2.29. The second-order valence-corrected chi connectivity index (χ2v) is 3.75.